The van der Waals surface area contributed by atoms with Crippen LogP contribution in [-0.4, -0.2) is 25.8 Å². The number of urea groups is 1. The largest absolute Gasteiger partial charge is 0.439 e. The van der Waals surface area contributed by atoms with Gasteiger partial charge < -0.3 is 15.4 Å². The molecule has 0 aliphatic heterocycles. The van der Waals surface area contributed by atoms with E-state index in [0.29, 0.717) is 23.1 Å². The summed E-state index contributed by atoms with van der Waals surface area (Å²) in [4.78, 5) is 20.9. The van der Waals surface area contributed by atoms with Crippen molar-refractivity contribution in [2.45, 2.75) is 13.8 Å². The topological polar surface area (TPSA) is 94.0 Å². The minimum Gasteiger partial charge on any atom is -0.439 e. The Morgan fingerprint density at radius 2 is 1.56 bits per heavy atom. The fraction of sp³-hybridized carbons (Fsp3) is 0.0769. The molecule has 0 saturated carbocycles. The second-order valence-corrected chi connectivity index (χ2v) is 7.82. The summed E-state index contributed by atoms with van der Waals surface area (Å²) in [7, 11) is 0. The lowest BCUT2D eigenvalue weighted by molar-refractivity contribution is 0.262. The van der Waals surface area contributed by atoms with Gasteiger partial charge in [0.25, 0.3) is 0 Å². The number of fused-ring (bicyclic) bond motifs is 1. The lowest BCUT2D eigenvalue weighted by Gasteiger charge is -2.10. The van der Waals surface area contributed by atoms with Crippen LogP contribution in [0.1, 0.15) is 11.4 Å². The Morgan fingerprint density at radius 1 is 0.824 bits per heavy atom. The molecule has 0 saturated heterocycles. The SMILES string of the molecule is Cc1cc(C)n(-c2cc(Oc3ccc(NC(=O)Nc4ccc5ccccc5c4)cc3)ncn2)n1. The molecule has 5 rings (SSSR count). The van der Waals surface area contributed by atoms with E-state index < -0.39 is 0 Å². The number of aromatic nitrogens is 4. The lowest BCUT2D eigenvalue weighted by atomic mass is 10.1. The van der Waals surface area contributed by atoms with E-state index in [4.69, 9.17) is 4.74 Å². The van der Waals surface area contributed by atoms with Crippen LogP contribution in [-0.2, 0) is 0 Å². The molecule has 0 fully saturated rings. The molecule has 0 aliphatic rings. The minimum atomic E-state index is -0.325. The summed E-state index contributed by atoms with van der Waals surface area (Å²) in [5, 5.41) is 12.3. The van der Waals surface area contributed by atoms with Gasteiger partial charge in [-0.05, 0) is 67.1 Å². The highest BCUT2D eigenvalue weighted by molar-refractivity contribution is 6.01. The zero-order valence-electron chi connectivity index (χ0n) is 18.7. The van der Waals surface area contributed by atoms with Crippen LogP contribution >= 0.6 is 0 Å². The maximum atomic E-state index is 12.4. The number of ether oxygens (including phenoxy) is 1. The van der Waals surface area contributed by atoms with Crippen molar-refractivity contribution in [1.29, 1.82) is 0 Å². The average molecular weight is 451 g/mol. The van der Waals surface area contributed by atoms with E-state index in [2.05, 4.69) is 25.7 Å². The number of hydrogen-bond acceptors (Lipinski definition) is 5. The summed E-state index contributed by atoms with van der Waals surface area (Å²) in [5.41, 5.74) is 3.24. The van der Waals surface area contributed by atoms with E-state index in [-0.39, 0.29) is 6.03 Å². The third-order valence-corrected chi connectivity index (χ3v) is 5.20. The normalized spacial score (nSPS) is 10.8. The number of carbonyl (C=O) groups is 1. The summed E-state index contributed by atoms with van der Waals surface area (Å²) < 4.78 is 7.60. The predicted molar refractivity (Wildman–Crippen MR) is 132 cm³/mol. The Balaban J connectivity index is 1.23. The molecule has 168 valence electrons. The van der Waals surface area contributed by atoms with Crippen LogP contribution in [0.5, 0.6) is 11.6 Å². The smallest absolute Gasteiger partial charge is 0.323 e. The zero-order valence-corrected chi connectivity index (χ0v) is 18.7. The molecule has 8 heteroatoms. The highest BCUT2D eigenvalue weighted by Gasteiger charge is 2.09. The van der Waals surface area contributed by atoms with E-state index in [9.17, 15) is 4.79 Å². The molecule has 0 atom stereocenters. The van der Waals surface area contributed by atoms with Gasteiger partial charge in [-0.3, -0.25) is 0 Å². The van der Waals surface area contributed by atoms with Gasteiger partial charge in [-0.1, -0.05) is 30.3 Å². The van der Waals surface area contributed by atoms with Crippen LogP contribution in [0.3, 0.4) is 0 Å². The molecular weight excluding hydrogens is 428 g/mol. The van der Waals surface area contributed by atoms with Crippen LogP contribution < -0.4 is 15.4 Å². The van der Waals surface area contributed by atoms with Crippen LogP contribution in [0.15, 0.2) is 85.2 Å². The Kier molecular flexibility index (Phi) is 5.61. The summed E-state index contributed by atoms with van der Waals surface area (Å²) in [5.74, 6) is 1.60. The maximum absolute atomic E-state index is 12.4. The van der Waals surface area contributed by atoms with Gasteiger partial charge in [-0.15, -0.1) is 0 Å². The van der Waals surface area contributed by atoms with Gasteiger partial charge in [0.15, 0.2) is 5.82 Å². The first-order valence-electron chi connectivity index (χ1n) is 10.7. The van der Waals surface area contributed by atoms with Crippen LogP contribution in [0.2, 0.25) is 0 Å². The number of benzene rings is 3. The molecule has 2 aromatic heterocycles. The molecule has 0 unspecified atom stereocenters. The molecule has 2 heterocycles. The lowest BCUT2D eigenvalue weighted by Crippen LogP contribution is -2.19. The molecule has 5 aromatic rings. The number of hydrogen-bond donors (Lipinski definition) is 2. The van der Waals surface area contributed by atoms with E-state index in [1.165, 1.54) is 6.33 Å². The number of aryl methyl sites for hydroxylation is 2. The standard InChI is InChI=1S/C26H22N6O2/c1-17-13-18(2)32(31-17)24-15-25(28-16-27-24)34-23-11-9-21(10-12-23)29-26(33)30-22-8-7-19-5-3-4-6-20(19)14-22/h3-16H,1-2H3,(H2,29,30,33). The second kappa shape index (κ2) is 9.03. The van der Waals surface area contributed by atoms with Gasteiger partial charge in [0.05, 0.1) is 5.69 Å². The summed E-state index contributed by atoms with van der Waals surface area (Å²) in [6.07, 6.45) is 1.44. The number of rotatable bonds is 5. The molecule has 0 spiro atoms. The van der Waals surface area contributed by atoms with Crippen LogP contribution in [0, 0.1) is 13.8 Å². The quantitative estimate of drug-likeness (QED) is 0.349. The van der Waals surface area contributed by atoms with Gasteiger partial charge in [0.2, 0.25) is 5.88 Å². The van der Waals surface area contributed by atoms with Crippen LogP contribution in [0.4, 0.5) is 16.2 Å². The number of carbonyl (C=O) groups excluding carboxylic acids is 1. The van der Waals surface area contributed by atoms with Gasteiger partial charge >= 0.3 is 6.03 Å². The Hall–Kier alpha value is -4.72. The zero-order chi connectivity index (χ0) is 23.5. The molecule has 2 amide bonds. The van der Waals surface area contributed by atoms with Crippen molar-refractivity contribution < 1.29 is 9.53 Å². The predicted octanol–water partition coefficient (Wildman–Crippen LogP) is 5.87. The van der Waals surface area contributed by atoms with E-state index in [1.807, 2.05) is 62.4 Å². The highest BCUT2D eigenvalue weighted by atomic mass is 16.5. The van der Waals surface area contributed by atoms with Crippen molar-refractivity contribution in [1.82, 2.24) is 19.7 Å². The molecule has 0 aliphatic carbocycles. The Bertz CT molecular complexity index is 1480. The van der Waals surface area contributed by atoms with E-state index in [0.717, 1.165) is 27.8 Å². The van der Waals surface area contributed by atoms with Crippen molar-refractivity contribution in [3.63, 3.8) is 0 Å². The number of anilines is 2. The van der Waals surface area contributed by atoms with Crippen molar-refractivity contribution in [2.75, 3.05) is 10.6 Å². The van der Waals surface area contributed by atoms with Gasteiger partial charge in [0.1, 0.15) is 12.1 Å². The number of nitrogens with zero attached hydrogens (tertiary/aromatic N) is 4. The summed E-state index contributed by atoms with van der Waals surface area (Å²) in [6.45, 7) is 3.89. The molecular formula is C26H22N6O2. The summed E-state index contributed by atoms with van der Waals surface area (Å²) >= 11 is 0. The van der Waals surface area contributed by atoms with E-state index in [1.54, 1.807) is 35.0 Å². The van der Waals surface area contributed by atoms with Crippen LogP contribution in [0.25, 0.3) is 16.6 Å². The fourth-order valence-electron chi connectivity index (χ4n) is 3.65. The molecule has 8 nitrogen and oxygen atoms in total. The summed E-state index contributed by atoms with van der Waals surface area (Å²) in [6, 6.07) is 24.2. The highest BCUT2D eigenvalue weighted by Crippen LogP contribution is 2.23. The number of amides is 2. The Labute approximate surface area is 196 Å². The third kappa shape index (κ3) is 4.71. The molecule has 2 N–H and O–H groups in total. The average Bonchev–Trinajstić information content (AvgIpc) is 3.18. The Morgan fingerprint density at radius 3 is 2.32 bits per heavy atom. The van der Waals surface area contributed by atoms with Crippen molar-refractivity contribution in [2.24, 2.45) is 0 Å². The molecule has 34 heavy (non-hydrogen) atoms. The fourth-order valence-corrected chi connectivity index (χ4v) is 3.65. The molecule has 0 radical (unpaired) electrons. The molecule has 0 bridgehead atoms. The maximum Gasteiger partial charge on any atom is 0.323 e. The second-order valence-electron chi connectivity index (χ2n) is 7.82. The first-order valence-corrected chi connectivity index (χ1v) is 10.7. The van der Waals surface area contributed by atoms with E-state index >= 15 is 0 Å². The first kappa shape index (κ1) is 21.1. The first-order chi connectivity index (χ1) is 16.5. The monoisotopic (exact) mass is 450 g/mol. The third-order valence-electron chi connectivity index (χ3n) is 5.20. The number of nitrogens with one attached hydrogen (secondary N) is 2. The van der Waals surface area contributed by atoms with Crippen molar-refractivity contribution in [3.8, 4) is 17.4 Å². The van der Waals surface area contributed by atoms with Crippen molar-refractivity contribution in [3.05, 3.63) is 96.6 Å². The van der Waals surface area contributed by atoms with Gasteiger partial charge in [-0.25, -0.2) is 19.4 Å². The van der Waals surface area contributed by atoms with Gasteiger partial charge in [-0.2, -0.15) is 5.10 Å². The minimum absolute atomic E-state index is 0.325. The van der Waals surface area contributed by atoms with Gasteiger partial charge in [0, 0.05) is 23.1 Å². The molecule has 3 aromatic carbocycles. The van der Waals surface area contributed by atoms with Crippen molar-refractivity contribution >= 4 is 28.2 Å².